The number of ether oxygens (including phenoxy) is 1. The van der Waals surface area contributed by atoms with Gasteiger partial charge >= 0.3 is 0 Å². The molecule has 0 unspecified atom stereocenters. The molecule has 0 saturated heterocycles. The largest absolute Gasteiger partial charge is 0.496 e. The fraction of sp³-hybridized carbons (Fsp3) is 0.500. The fourth-order valence-electron chi connectivity index (χ4n) is 2.10. The molecule has 0 aromatic heterocycles. The summed E-state index contributed by atoms with van der Waals surface area (Å²) >= 11 is 3.80. The van der Waals surface area contributed by atoms with Crippen molar-refractivity contribution in [1.29, 1.82) is 0 Å². The number of nitrogens with zero attached hydrogens (tertiary/aromatic N) is 1. The van der Waals surface area contributed by atoms with Gasteiger partial charge in [0.2, 0.25) is 0 Å². The van der Waals surface area contributed by atoms with Crippen LogP contribution >= 0.6 is 12.6 Å². The van der Waals surface area contributed by atoms with Crippen LogP contribution in [0.3, 0.4) is 0 Å². The zero-order chi connectivity index (χ0) is 13.9. The standard InChI is InChI=1S/C14H21NO2S/c1-9-8-12(6-7-15(4)14(16)18)10(2)11(3)13(9)17-5/h8H,6-7H2,1-5H3,(H,16,18). The lowest BCUT2D eigenvalue weighted by Gasteiger charge is -2.18. The zero-order valence-corrected chi connectivity index (χ0v) is 12.6. The molecule has 0 heterocycles. The highest BCUT2D eigenvalue weighted by Crippen LogP contribution is 2.28. The van der Waals surface area contributed by atoms with Gasteiger partial charge in [0, 0.05) is 13.6 Å². The second-order valence-electron chi connectivity index (χ2n) is 4.59. The monoisotopic (exact) mass is 267 g/mol. The number of amides is 1. The van der Waals surface area contributed by atoms with Crippen LogP contribution in [-0.4, -0.2) is 30.8 Å². The number of carbonyl (C=O) groups is 1. The average Bonchev–Trinajstić information content (AvgIpc) is 2.32. The van der Waals surface area contributed by atoms with Gasteiger partial charge in [-0.25, -0.2) is 0 Å². The topological polar surface area (TPSA) is 29.5 Å². The van der Waals surface area contributed by atoms with Crippen molar-refractivity contribution in [2.75, 3.05) is 20.7 Å². The fourth-order valence-corrected chi connectivity index (χ4v) is 2.20. The third-order valence-corrected chi connectivity index (χ3v) is 3.72. The summed E-state index contributed by atoms with van der Waals surface area (Å²) in [4.78, 5) is 12.7. The Morgan fingerprint density at radius 3 is 2.44 bits per heavy atom. The van der Waals surface area contributed by atoms with Gasteiger partial charge < -0.3 is 9.64 Å². The SMILES string of the molecule is COc1c(C)cc(CCN(C)C(=O)S)c(C)c1C. The summed E-state index contributed by atoms with van der Waals surface area (Å²) in [5.41, 5.74) is 4.80. The molecule has 1 rings (SSSR count). The molecule has 100 valence electrons. The van der Waals surface area contributed by atoms with Gasteiger partial charge in [0.25, 0.3) is 5.24 Å². The number of benzene rings is 1. The minimum Gasteiger partial charge on any atom is -0.496 e. The van der Waals surface area contributed by atoms with Crippen LogP contribution in [0.15, 0.2) is 6.07 Å². The van der Waals surface area contributed by atoms with Gasteiger partial charge in [-0.2, -0.15) is 0 Å². The highest BCUT2D eigenvalue weighted by Gasteiger charge is 2.11. The summed E-state index contributed by atoms with van der Waals surface area (Å²) in [5.74, 6) is 0.954. The van der Waals surface area contributed by atoms with Crippen molar-refractivity contribution in [2.45, 2.75) is 27.2 Å². The van der Waals surface area contributed by atoms with Crippen LogP contribution in [0.2, 0.25) is 0 Å². The van der Waals surface area contributed by atoms with Crippen molar-refractivity contribution in [1.82, 2.24) is 4.90 Å². The summed E-state index contributed by atoms with van der Waals surface area (Å²) in [6.07, 6.45) is 0.834. The van der Waals surface area contributed by atoms with E-state index >= 15 is 0 Å². The molecule has 0 aliphatic carbocycles. The first-order valence-electron chi connectivity index (χ1n) is 5.96. The molecule has 1 aromatic carbocycles. The quantitative estimate of drug-likeness (QED) is 0.849. The molecule has 0 fully saturated rings. The molecule has 0 radical (unpaired) electrons. The summed E-state index contributed by atoms with van der Waals surface area (Å²) in [7, 11) is 3.45. The van der Waals surface area contributed by atoms with Crippen LogP contribution in [0.25, 0.3) is 0 Å². The Balaban J connectivity index is 2.94. The van der Waals surface area contributed by atoms with Crippen molar-refractivity contribution in [3.63, 3.8) is 0 Å². The van der Waals surface area contributed by atoms with Crippen LogP contribution in [0.5, 0.6) is 5.75 Å². The van der Waals surface area contributed by atoms with Gasteiger partial charge in [0.15, 0.2) is 0 Å². The zero-order valence-electron chi connectivity index (χ0n) is 11.7. The van der Waals surface area contributed by atoms with Gasteiger partial charge in [-0.15, -0.1) is 0 Å². The molecule has 0 spiro atoms. The third kappa shape index (κ3) is 3.19. The Morgan fingerprint density at radius 2 is 1.94 bits per heavy atom. The molecular weight excluding hydrogens is 246 g/mol. The molecule has 18 heavy (non-hydrogen) atoms. The van der Waals surface area contributed by atoms with E-state index < -0.39 is 0 Å². The lowest BCUT2D eigenvalue weighted by atomic mass is 9.96. The number of aryl methyl sites for hydroxylation is 1. The van der Waals surface area contributed by atoms with E-state index in [1.807, 2.05) is 6.92 Å². The lowest BCUT2D eigenvalue weighted by molar-refractivity contribution is 0.234. The van der Waals surface area contributed by atoms with Crippen LogP contribution in [0.1, 0.15) is 22.3 Å². The van der Waals surface area contributed by atoms with E-state index in [2.05, 4.69) is 32.5 Å². The minimum absolute atomic E-state index is 0.199. The maximum absolute atomic E-state index is 11.1. The molecule has 0 aliphatic rings. The maximum atomic E-state index is 11.1. The van der Waals surface area contributed by atoms with E-state index in [0.29, 0.717) is 6.54 Å². The molecular formula is C14H21NO2S. The first-order chi connectivity index (χ1) is 8.38. The molecule has 0 saturated carbocycles. The number of methoxy groups -OCH3 is 1. The maximum Gasteiger partial charge on any atom is 0.278 e. The van der Waals surface area contributed by atoms with Crippen molar-refractivity contribution in [2.24, 2.45) is 0 Å². The molecule has 4 heteroatoms. The Morgan fingerprint density at radius 1 is 1.33 bits per heavy atom. The summed E-state index contributed by atoms with van der Waals surface area (Å²) < 4.78 is 5.40. The van der Waals surface area contributed by atoms with Gasteiger partial charge in [-0.05, 0) is 49.4 Å². The predicted octanol–water partition coefficient (Wildman–Crippen LogP) is 3.14. The smallest absolute Gasteiger partial charge is 0.278 e. The minimum atomic E-state index is -0.199. The second-order valence-corrected chi connectivity index (χ2v) is 4.97. The van der Waals surface area contributed by atoms with Gasteiger partial charge in [-0.3, -0.25) is 4.79 Å². The predicted molar refractivity (Wildman–Crippen MR) is 77.9 cm³/mol. The third-order valence-electron chi connectivity index (χ3n) is 3.38. The first-order valence-corrected chi connectivity index (χ1v) is 6.41. The second kappa shape index (κ2) is 6.14. The molecule has 1 aromatic rings. The Kier molecular flexibility index (Phi) is 5.08. The van der Waals surface area contributed by atoms with E-state index in [1.54, 1.807) is 19.1 Å². The van der Waals surface area contributed by atoms with Crippen LogP contribution in [0, 0.1) is 20.8 Å². The summed E-state index contributed by atoms with van der Waals surface area (Å²) in [6, 6.07) is 2.14. The van der Waals surface area contributed by atoms with Gasteiger partial charge in [0.05, 0.1) is 7.11 Å². The van der Waals surface area contributed by atoms with E-state index in [4.69, 9.17) is 4.74 Å². The van der Waals surface area contributed by atoms with Crippen molar-refractivity contribution in [3.8, 4) is 5.75 Å². The Hall–Kier alpha value is -1.16. The molecule has 3 nitrogen and oxygen atoms in total. The number of thiol groups is 1. The van der Waals surface area contributed by atoms with Crippen LogP contribution in [0.4, 0.5) is 4.79 Å². The van der Waals surface area contributed by atoms with Crippen molar-refractivity contribution in [3.05, 3.63) is 28.3 Å². The highest BCUT2D eigenvalue weighted by atomic mass is 32.1. The van der Waals surface area contributed by atoms with Crippen molar-refractivity contribution < 1.29 is 9.53 Å². The summed E-state index contributed by atoms with van der Waals surface area (Å²) in [5, 5.41) is -0.199. The number of likely N-dealkylation sites (N-methyl/N-ethyl adjacent to an activating group) is 1. The number of carbonyl (C=O) groups excluding carboxylic acids is 1. The number of hydrogen-bond donors (Lipinski definition) is 1. The molecule has 1 amide bonds. The van der Waals surface area contributed by atoms with Crippen LogP contribution in [-0.2, 0) is 6.42 Å². The Labute approximate surface area is 115 Å². The van der Waals surface area contributed by atoms with Crippen LogP contribution < -0.4 is 4.74 Å². The molecule has 0 atom stereocenters. The van der Waals surface area contributed by atoms with E-state index in [0.717, 1.165) is 17.7 Å². The highest BCUT2D eigenvalue weighted by molar-refractivity contribution is 7.96. The van der Waals surface area contributed by atoms with Crippen molar-refractivity contribution >= 4 is 17.9 Å². The van der Waals surface area contributed by atoms with E-state index in [-0.39, 0.29) is 5.24 Å². The number of hydrogen-bond acceptors (Lipinski definition) is 2. The molecule has 0 N–H and O–H groups in total. The molecule has 0 bridgehead atoms. The molecule has 0 aliphatic heterocycles. The van der Waals surface area contributed by atoms with Gasteiger partial charge in [-0.1, -0.05) is 18.7 Å². The van der Waals surface area contributed by atoms with E-state index in [9.17, 15) is 4.79 Å². The first kappa shape index (κ1) is 14.9. The Bertz CT molecular complexity index is 458. The summed E-state index contributed by atoms with van der Waals surface area (Å²) in [6.45, 7) is 6.88. The lowest BCUT2D eigenvalue weighted by Crippen LogP contribution is -2.23. The van der Waals surface area contributed by atoms with Gasteiger partial charge in [0.1, 0.15) is 5.75 Å². The number of rotatable bonds is 4. The normalized spacial score (nSPS) is 10.3. The van der Waals surface area contributed by atoms with E-state index in [1.165, 1.54) is 16.7 Å². The average molecular weight is 267 g/mol.